The van der Waals surface area contributed by atoms with E-state index in [-0.39, 0.29) is 6.03 Å². The monoisotopic (exact) mass is 389 g/mol. The van der Waals surface area contributed by atoms with E-state index >= 15 is 0 Å². The van der Waals surface area contributed by atoms with Crippen molar-refractivity contribution < 1.29 is 4.79 Å². The average Bonchev–Trinajstić information content (AvgIpc) is 3.41. The Balaban J connectivity index is 1.34. The van der Waals surface area contributed by atoms with Crippen LogP contribution < -0.4 is 10.6 Å². The van der Waals surface area contributed by atoms with Crippen molar-refractivity contribution in [1.82, 2.24) is 19.9 Å². The van der Waals surface area contributed by atoms with E-state index < -0.39 is 0 Å². The van der Waals surface area contributed by atoms with Crippen molar-refractivity contribution in [2.75, 3.05) is 5.32 Å². The predicted octanol–water partition coefficient (Wildman–Crippen LogP) is 4.38. The van der Waals surface area contributed by atoms with E-state index in [1.54, 1.807) is 30.1 Å². The first-order valence-corrected chi connectivity index (χ1v) is 9.72. The minimum atomic E-state index is -0.240. The highest BCUT2D eigenvalue weighted by Crippen LogP contribution is 2.24. The van der Waals surface area contributed by atoms with Gasteiger partial charge in [0, 0.05) is 48.3 Å². The first kappa shape index (κ1) is 17.9. The topological polar surface area (TPSA) is 71.8 Å². The van der Waals surface area contributed by atoms with Crippen molar-refractivity contribution in [3.8, 4) is 10.6 Å². The summed E-state index contributed by atoms with van der Waals surface area (Å²) in [6, 6.07) is 15.6. The van der Waals surface area contributed by atoms with Gasteiger partial charge in [0.1, 0.15) is 5.01 Å². The van der Waals surface area contributed by atoms with Gasteiger partial charge in [-0.1, -0.05) is 36.4 Å². The Kier molecular flexibility index (Phi) is 5.44. The van der Waals surface area contributed by atoms with Gasteiger partial charge in [-0.15, -0.1) is 11.3 Å². The summed E-state index contributed by atoms with van der Waals surface area (Å²) in [7, 11) is 0. The number of nitrogens with zero attached hydrogens (tertiary/aromatic N) is 3. The summed E-state index contributed by atoms with van der Waals surface area (Å²) in [6.07, 6.45) is 7.25. The SMILES string of the molecule is O=C(NCc1cccc(Cn2ccnc2)c1)Nc1cccc(-c2nccs2)c1. The zero-order valence-corrected chi connectivity index (χ0v) is 15.9. The van der Waals surface area contributed by atoms with Crippen molar-refractivity contribution in [3.05, 3.63) is 90.0 Å². The van der Waals surface area contributed by atoms with Gasteiger partial charge in [0.2, 0.25) is 0 Å². The Morgan fingerprint density at radius 3 is 2.79 bits per heavy atom. The standard InChI is InChI=1S/C21H19N5OS/c27-21(25-19-6-2-5-18(12-19)20-23-8-10-28-20)24-13-16-3-1-4-17(11-16)14-26-9-7-22-15-26/h1-12,15H,13-14H2,(H2,24,25,27). The molecule has 7 heteroatoms. The molecule has 0 radical (unpaired) electrons. The van der Waals surface area contributed by atoms with Gasteiger partial charge in [-0.25, -0.2) is 14.8 Å². The third-order valence-corrected chi connectivity index (χ3v) is 4.99. The molecule has 0 saturated heterocycles. The number of carbonyl (C=O) groups excluding carboxylic acids is 1. The second-order valence-corrected chi connectivity index (χ2v) is 7.18. The zero-order valence-electron chi connectivity index (χ0n) is 15.1. The molecule has 0 aliphatic rings. The molecule has 0 fully saturated rings. The fraction of sp³-hybridized carbons (Fsp3) is 0.0952. The minimum Gasteiger partial charge on any atom is -0.334 e. The van der Waals surface area contributed by atoms with Gasteiger partial charge in [-0.3, -0.25) is 0 Å². The number of nitrogens with one attached hydrogen (secondary N) is 2. The number of amides is 2. The maximum Gasteiger partial charge on any atom is 0.319 e. The number of anilines is 1. The van der Waals surface area contributed by atoms with Crippen molar-refractivity contribution in [1.29, 1.82) is 0 Å². The maximum absolute atomic E-state index is 12.3. The van der Waals surface area contributed by atoms with E-state index in [2.05, 4.69) is 32.7 Å². The first-order valence-electron chi connectivity index (χ1n) is 8.84. The Hall–Kier alpha value is -3.45. The van der Waals surface area contributed by atoms with Gasteiger partial charge < -0.3 is 15.2 Å². The number of carbonyl (C=O) groups is 1. The summed E-state index contributed by atoms with van der Waals surface area (Å²) >= 11 is 1.57. The van der Waals surface area contributed by atoms with Crippen LogP contribution in [-0.2, 0) is 13.1 Å². The quantitative estimate of drug-likeness (QED) is 0.514. The van der Waals surface area contributed by atoms with Gasteiger partial charge in [0.15, 0.2) is 0 Å². The second kappa shape index (κ2) is 8.49. The molecule has 2 aromatic heterocycles. The zero-order chi connectivity index (χ0) is 19.2. The summed E-state index contributed by atoms with van der Waals surface area (Å²) in [5.41, 5.74) is 3.93. The normalized spacial score (nSPS) is 10.6. The Labute approximate surface area is 166 Å². The summed E-state index contributed by atoms with van der Waals surface area (Å²) in [4.78, 5) is 20.6. The number of benzene rings is 2. The van der Waals surface area contributed by atoms with E-state index in [0.29, 0.717) is 6.54 Å². The molecule has 6 nitrogen and oxygen atoms in total. The second-order valence-electron chi connectivity index (χ2n) is 6.28. The third-order valence-electron chi connectivity index (χ3n) is 4.17. The van der Waals surface area contributed by atoms with Crippen LogP contribution in [0.5, 0.6) is 0 Å². The fourth-order valence-electron chi connectivity index (χ4n) is 2.88. The smallest absolute Gasteiger partial charge is 0.319 e. The average molecular weight is 389 g/mol. The minimum absolute atomic E-state index is 0.240. The number of hydrogen-bond acceptors (Lipinski definition) is 4. The van der Waals surface area contributed by atoms with E-state index in [0.717, 1.165) is 33.9 Å². The van der Waals surface area contributed by atoms with Crippen LogP contribution in [0.15, 0.2) is 78.8 Å². The molecule has 4 rings (SSSR count). The molecular formula is C21H19N5OS. The summed E-state index contributed by atoms with van der Waals surface area (Å²) in [5.74, 6) is 0. The molecule has 2 heterocycles. The van der Waals surface area contributed by atoms with Crippen molar-refractivity contribution in [2.45, 2.75) is 13.1 Å². The number of aromatic nitrogens is 3. The molecule has 0 atom stereocenters. The van der Waals surface area contributed by atoms with Gasteiger partial charge >= 0.3 is 6.03 Å². The lowest BCUT2D eigenvalue weighted by Crippen LogP contribution is -2.28. The molecule has 2 N–H and O–H groups in total. The van der Waals surface area contributed by atoms with Crippen LogP contribution in [0.25, 0.3) is 10.6 Å². The van der Waals surface area contributed by atoms with Crippen LogP contribution in [-0.4, -0.2) is 20.6 Å². The molecule has 0 saturated carbocycles. The van der Waals surface area contributed by atoms with Crippen LogP contribution in [0.3, 0.4) is 0 Å². The van der Waals surface area contributed by atoms with Crippen LogP contribution in [0.2, 0.25) is 0 Å². The Morgan fingerprint density at radius 1 is 1.07 bits per heavy atom. The molecule has 2 amide bonds. The van der Waals surface area contributed by atoms with Crippen molar-refractivity contribution in [3.63, 3.8) is 0 Å². The highest BCUT2D eigenvalue weighted by atomic mass is 32.1. The van der Waals surface area contributed by atoms with Crippen LogP contribution >= 0.6 is 11.3 Å². The third kappa shape index (κ3) is 4.63. The highest BCUT2D eigenvalue weighted by molar-refractivity contribution is 7.13. The van der Waals surface area contributed by atoms with Crippen LogP contribution in [0, 0.1) is 0 Å². The number of hydrogen-bond donors (Lipinski definition) is 2. The van der Waals surface area contributed by atoms with E-state index in [9.17, 15) is 4.79 Å². The molecular weight excluding hydrogens is 370 g/mol. The van der Waals surface area contributed by atoms with Crippen LogP contribution in [0.4, 0.5) is 10.5 Å². The van der Waals surface area contributed by atoms with Gasteiger partial charge in [-0.2, -0.15) is 0 Å². The van der Waals surface area contributed by atoms with Crippen LogP contribution in [0.1, 0.15) is 11.1 Å². The Morgan fingerprint density at radius 2 is 1.96 bits per heavy atom. The first-order chi connectivity index (χ1) is 13.8. The molecule has 0 bridgehead atoms. The Bertz CT molecular complexity index is 1040. The number of urea groups is 1. The van der Waals surface area contributed by atoms with Crippen molar-refractivity contribution in [2.24, 2.45) is 0 Å². The molecule has 28 heavy (non-hydrogen) atoms. The summed E-state index contributed by atoms with van der Waals surface area (Å²) in [5, 5.41) is 8.65. The van der Waals surface area contributed by atoms with Gasteiger partial charge in [0.25, 0.3) is 0 Å². The molecule has 2 aromatic carbocycles. The summed E-state index contributed by atoms with van der Waals surface area (Å²) in [6.45, 7) is 1.21. The molecule has 4 aromatic rings. The van der Waals surface area contributed by atoms with E-state index in [1.807, 2.05) is 52.5 Å². The van der Waals surface area contributed by atoms with E-state index in [4.69, 9.17) is 0 Å². The van der Waals surface area contributed by atoms with Gasteiger partial charge in [0.05, 0.1) is 6.33 Å². The number of thiazole rings is 1. The van der Waals surface area contributed by atoms with Gasteiger partial charge in [-0.05, 0) is 23.3 Å². The number of rotatable bonds is 6. The highest BCUT2D eigenvalue weighted by Gasteiger charge is 2.05. The lowest BCUT2D eigenvalue weighted by molar-refractivity contribution is 0.251. The largest absolute Gasteiger partial charge is 0.334 e. The molecule has 0 aliphatic heterocycles. The van der Waals surface area contributed by atoms with E-state index in [1.165, 1.54) is 0 Å². The van der Waals surface area contributed by atoms with Crippen molar-refractivity contribution >= 4 is 23.1 Å². The predicted molar refractivity (Wildman–Crippen MR) is 111 cm³/mol. The molecule has 0 spiro atoms. The number of imidazole rings is 1. The molecule has 140 valence electrons. The summed E-state index contributed by atoms with van der Waals surface area (Å²) < 4.78 is 2.01. The lowest BCUT2D eigenvalue weighted by Gasteiger charge is -2.10. The lowest BCUT2D eigenvalue weighted by atomic mass is 10.1. The molecule has 0 unspecified atom stereocenters. The fourth-order valence-corrected chi connectivity index (χ4v) is 3.52. The molecule has 0 aliphatic carbocycles. The maximum atomic E-state index is 12.3.